The van der Waals surface area contributed by atoms with Crippen molar-refractivity contribution in [1.82, 2.24) is 24.9 Å². The van der Waals surface area contributed by atoms with Gasteiger partial charge in [-0.25, -0.2) is 4.68 Å². The molecule has 1 unspecified atom stereocenters. The number of rotatable bonds is 3. The third kappa shape index (κ3) is 3.32. The molecule has 3 aromatic rings. The first-order chi connectivity index (χ1) is 13.3. The van der Waals surface area contributed by atoms with Crippen LogP contribution in [0.1, 0.15) is 49.8 Å². The van der Waals surface area contributed by atoms with Crippen molar-refractivity contribution in [2.24, 2.45) is 0 Å². The second kappa shape index (κ2) is 6.89. The molecule has 0 bridgehead atoms. The number of amides is 1. The molecule has 4 rings (SSSR count). The number of nitrogens with zero attached hydrogens (tertiary/aromatic N) is 4. The highest BCUT2D eigenvalue weighted by Gasteiger charge is 2.32. The van der Waals surface area contributed by atoms with Crippen LogP contribution in [0.2, 0.25) is 0 Å². The molecule has 0 aliphatic carbocycles. The highest BCUT2D eigenvalue weighted by Crippen LogP contribution is 2.24. The Morgan fingerprint density at radius 3 is 2.79 bits per heavy atom. The molecule has 146 valence electrons. The average Bonchev–Trinajstić information content (AvgIpc) is 3.29. The molecule has 1 fully saturated rings. The lowest BCUT2D eigenvalue weighted by molar-refractivity contribution is 0.0716. The SMILES string of the molecule is CC(C)(C)c1ccc(=O)n(CC2CCCN2C(=O)c2n[nH]c3ccccc23)n1. The molecule has 2 aromatic heterocycles. The maximum atomic E-state index is 13.2. The van der Waals surface area contributed by atoms with Gasteiger partial charge in [0.2, 0.25) is 0 Å². The topological polar surface area (TPSA) is 83.9 Å². The maximum absolute atomic E-state index is 13.2. The Bertz CT molecular complexity index is 1080. The maximum Gasteiger partial charge on any atom is 0.275 e. The Morgan fingerprint density at radius 1 is 1.21 bits per heavy atom. The number of likely N-dealkylation sites (tertiary alicyclic amines) is 1. The minimum atomic E-state index is -0.144. The van der Waals surface area contributed by atoms with Gasteiger partial charge in [-0.2, -0.15) is 10.2 Å². The van der Waals surface area contributed by atoms with E-state index < -0.39 is 0 Å². The number of para-hydroxylation sites is 1. The molecule has 1 aliphatic heterocycles. The smallest absolute Gasteiger partial charge is 0.275 e. The Labute approximate surface area is 163 Å². The molecule has 1 aromatic carbocycles. The summed E-state index contributed by atoms with van der Waals surface area (Å²) >= 11 is 0. The predicted octanol–water partition coefficient (Wildman–Crippen LogP) is 2.72. The minimum absolute atomic E-state index is 0.0663. The van der Waals surface area contributed by atoms with E-state index in [1.807, 2.05) is 29.2 Å². The molecule has 0 spiro atoms. The molecular weight excluding hydrogens is 354 g/mol. The van der Waals surface area contributed by atoms with Gasteiger partial charge >= 0.3 is 0 Å². The van der Waals surface area contributed by atoms with Gasteiger partial charge in [-0.15, -0.1) is 0 Å². The number of hydrogen-bond acceptors (Lipinski definition) is 4. The number of carbonyl (C=O) groups is 1. The van der Waals surface area contributed by atoms with Crippen LogP contribution in [0.3, 0.4) is 0 Å². The van der Waals surface area contributed by atoms with Crippen LogP contribution in [-0.4, -0.2) is 43.4 Å². The van der Waals surface area contributed by atoms with E-state index in [1.54, 1.807) is 12.1 Å². The van der Waals surface area contributed by atoms with Gasteiger partial charge in [0, 0.05) is 23.4 Å². The molecule has 0 saturated carbocycles. The highest BCUT2D eigenvalue weighted by molar-refractivity contribution is 6.04. The van der Waals surface area contributed by atoms with E-state index in [2.05, 4.69) is 36.1 Å². The van der Waals surface area contributed by atoms with E-state index in [0.29, 0.717) is 18.8 Å². The van der Waals surface area contributed by atoms with E-state index in [4.69, 9.17) is 0 Å². The summed E-state index contributed by atoms with van der Waals surface area (Å²) in [5, 5.41) is 12.6. The van der Waals surface area contributed by atoms with Crippen molar-refractivity contribution in [2.75, 3.05) is 6.54 Å². The summed E-state index contributed by atoms with van der Waals surface area (Å²) in [6.07, 6.45) is 1.76. The van der Waals surface area contributed by atoms with Gasteiger partial charge in [-0.1, -0.05) is 39.0 Å². The van der Waals surface area contributed by atoms with E-state index in [9.17, 15) is 9.59 Å². The third-order valence-corrected chi connectivity index (χ3v) is 5.33. The summed E-state index contributed by atoms with van der Waals surface area (Å²) < 4.78 is 1.50. The van der Waals surface area contributed by atoms with Crippen LogP contribution < -0.4 is 5.56 Å². The summed E-state index contributed by atoms with van der Waals surface area (Å²) in [5.74, 6) is -0.0972. The lowest BCUT2D eigenvalue weighted by Gasteiger charge is -2.25. The van der Waals surface area contributed by atoms with Crippen LogP contribution in [0.15, 0.2) is 41.2 Å². The Kier molecular flexibility index (Phi) is 4.53. The van der Waals surface area contributed by atoms with Crippen molar-refractivity contribution in [3.8, 4) is 0 Å². The van der Waals surface area contributed by atoms with Crippen molar-refractivity contribution < 1.29 is 4.79 Å². The molecule has 1 amide bonds. The fourth-order valence-corrected chi connectivity index (χ4v) is 3.73. The number of aromatic amines is 1. The van der Waals surface area contributed by atoms with Crippen LogP contribution >= 0.6 is 0 Å². The molecule has 3 heterocycles. The first-order valence-corrected chi connectivity index (χ1v) is 9.67. The summed E-state index contributed by atoms with van der Waals surface area (Å²) in [4.78, 5) is 27.3. The van der Waals surface area contributed by atoms with E-state index in [-0.39, 0.29) is 22.9 Å². The summed E-state index contributed by atoms with van der Waals surface area (Å²) in [5.41, 5.74) is 1.86. The zero-order valence-electron chi connectivity index (χ0n) is 16.5. The number of aromatic nitrogens is 4. The minimum Gasteiger partial charge on any atom is -0.332 e. The van der Waals surface area contributed by atoms with Crippen molar-refractivity contribution in [3.05, 3.63) is 58.1 Å². The van der Waals surface area contributed by atoms with Crippen LogP contribution in [0.4, 0.5) is 0 Å². The van der Waals surface area contributed by atoms with Gasteiger partial charge in [0.05, 0.1) is 23.8 Å². The quantitative estimate of drug-likeness (QED) is 0.758. The van der Waals surface area contributed by atoms with Gasteiger partial charge in [0.15, 0.2) is 5.69 Å². The third-order valence-electron chi connectivity index (χ3n) is 5.33. The average molecular weight is 379 g/mol. The molecule has 1 N–H and O–H groups in total. The zero-order valence-corrected chi connectivity index (χ0v) is 16.5. The van der Waals surface area contributed by atoms with E-state index in [0.717, 1.165) is 29.4 Å². The summed E-state index contributed by atoms with van der Waals surface area (Å²) in [6, 6.07) is 10.9. The molecule has 1 saturated heterocycles. The molecular formula is C21H25N5O2. The second-order valence-corrected chi connectivity index (χ2v) is 8.40. The van der Waals surface area contributed by atoms with E-state index >= 15 is 0 Å². The van der Waals surface area contributed by atoms with Crippen molar-refractivity contribution >= 4 is 16.8 Å². The first-order valence-electron chi connectivity index (χ1n) is 9.67. The number of carbonyl (C=O) groups excluding carboxylic acids is 1. The van der Waals surface area contributed by atoms with Crippen LogP contribution in [0, 0.1) is 0 Å². The fraction of sp³-hybridized carbons (Fsp3) is 0.429. The molecule has 7 nitrogen and oxygen atoms in total. The summed E-state index contributed by atoms with van der Waals surface area (Å²) in [7, 11) is 0. The van der Waals surface area contributed by atoms with Gasteiger partial charge in [-0.05, 0) is 25.0 Å². The lowest BCUT2D eigenvalue weighted by atomic mass is 9.92. The molecule has 1 aliphatic rings. The predicted molar refractivity (Wildman–Crippen MR) is 107 cm³/mol. The Morgan fingerprint density at radius 2 is 2.00 bits per heavy atom. The monoisotopic (exact) mass is 379 g/mol. The molecule has 7 heteroatoms. The summed E-state index contributed by atoms with van der Waals surface area (Å²) in [6.45, 7) is 7.27. The molecule has 0 radical (unpaired) electrons. The van der Waals surface area contributed by atoms with Crippen LogP contribution in [0.25, 0.3) is 10.9 Å². The number of hydrogen-bond donors (Lipinski definition) is 1. The van der Waals surface area contributed by atoms with Crippen LogP contribution in [-0.2, 0) is 12.0 Å². The standard InChI is InChI=1S/C21H25N5O2/c1-21(2,3)17-10-11-18(27)26(24-17)13-14-7-6-12-25(14)20(28)19-15-8-4-5-9-16(15)22-23-19/h4-5,8-11,14H,6-7,12-13H2,1-3H3,(H,22,23). The molecule has 28 heavy (non-hydrogen) atoms. The highest BCUT2D eigenvalue weighted by atomic mass is 16.2. The number of H-pyrrole nitrogens is 1. The Hall–Kier alpha value is -2.96. The number of benzene rings is 1. The van der Waals surface area contributed by atoms with Gasteiger partial charge in [0.25, 0.3) is 11.5 Å². The van der Waals surface area contributed by atoms with Crippen molar-refractivity contribution in [2.45, 2.75) is 51.6 Å². The normalized spacial score (nSPS) is 17.4. The zero-order chi connectivity index (χ0) is 19.9. The second-order valence-electron chi connectivity index (χ2n) is 8.40. The van der Waals surface area contributed by atoms with Gasteiger partial charge in [0.1, 0.15) is 0 Å². The van der Waals surface area contributed by atoms with Crippen molar-refractivity contribution in [3.63, 3.8) is 0 Å². The lowest BCUT2D eigenvalue weighted by Crippen LogP contribution is -2.41. The fourth-order valence-electron chi connectivity index (χ4n) is 3.73. The number of fused-ring (bicyclic) bond motifs is 1. The van der Waals surface area contributed by atoms with Crippen molar-refractivity contribution in [1.29, 1.82) is 0 Å². The molecule has 1 atom stereocenters. The van der Waals surface area contributed by atoms with Crippen LogP contribution in [0.5, 0.6) is 0 Å². The Balaban J connectivity index is 1.61. The first kappa shape index (κ1) is 18.4. The van der Waals surface area contributed by atoms with E-state index in [1.165, 1.54) is 4.68 Å². The van der Waals surface area contributed by atoms with Gasteiger partial charge in [-0.3, -0.25) is 14.7 Å². The number of nitrogens with one attached hydrogen (secondary N) is 1. The largest absolute Gasteiger partial charge is 0.332 e. The van der Waals surface area contributed by atoms with Gasteiger partial charge < -0.3 is 4.90 Å².